The van der Waals surface area contributed by atoms with Gasteiger partial charge in [-0.05, 0) is 23.8 Å². The number of nitrogens with zero attached hydrogens (tertiary/aromatic N) is 4. The van der Waals surface area contributed by atoms with Gasteiger partial charge >= 0.3 is 0 Å². The van der Waals surface area contributed by atoms with Crippen LogP contribution in [0.5, 0.6) is 5.75 Å². The molecular formula is C19H24N4O2. The second kappa shape index (κ2) is 7.51. The van der Waals surface area contributed by atoms with Crippen molar-refractivity contribution in [2.24, 2.45) is 0 Å². The van der Waals surface area contributed by atoms with Gasteiger partial charge in [0, 0.05) is 31.7 Å². The summed E-state index contributed by atoms with van der Waals surface area (Å²) in [6.07, 6.45) is 1.77. The maximum absolute atomic E-state index is 12.6. The quantitative estimate of drug-likeness (QED) is 0.837. The predicted octanol–water partition coefficient (Wildman–Crippen LogP) is 2.46. The number of carbonyl (C=O) groups excluding carboxylic acids is 1. The molecule has 3 rings (SSSR count). The van der Waals surface area contributed by atoms with Gasteiger partial charge in [-0.15, -0.1) is 0 Å². The summed E-state index contributed by atoms with van der Waals surface area (Å²) in [5.74, 6) is 2.83. The molecule has 2 aromatic rings. The van der Waals surface area contributed by atoms with E-state index in [4.69, 9.17) is 4.74 Å². The summed E-state index contributed by atoms with van der Waals surface area (Å²) in [5.41, 5.74) is 1.07. The summed E-state index contributed by atoms with van der Waals surface area (Å²) in [5, 5.41) is 0. The fourth-order valence-corrected chi connectivity index (χ4v) is 2.88. The first-order chi connectivity index (χ1) is 12.1. The lowest BCUT2D eigenvalue weighted by Crippen LogP contribution is -2.50. The molecule has 6 heteroatoms. The number of hydrogen-bond acceptors (Lipinski definition) is 5. The molecule has 1 aliphatic rings. The van der Waals surface area contributed by atoms with Gasteiger partial charge in [0.2, 0.25) is 5.91 Å². The van der Waals surface area contributed by atoms with Crippen LogP contribution < -0.4 is 9.64 Å². The molecule has 6 nitrogen and oxygen atoms in total. The number of benzene rings is 1. The predicted molar refractivity (Wildman–Crippen MR) is 96.7 cm³/mol. The Morgan fingerprint density at radius 3 is 2.80 bits per heavy atom. The van der Waals surface area contributed by atoms with E-state index in [0.29, 0.717) is 19.6 Å². The molecule has 0 radical (unpaired) electrons. The lowest BCUT2D eigenvalue weighted by molar-refractivity contribution is -0.131. The third-order valence-electron chi connectivity index (χ3n) is 4.33. The fraction of sp³-hybridized carbons (Fsp3) is 0.421. The Morgan fingerprint density at radius 2 is 2.08 bits per heavy atom. The van der Waals surface area contributed by atoms with Crippen LogP contribution in [0.2, 0.25) is 0 Å². The molecule has 2 heterocycles. The summed E-state index contributed by atoms with van der Waals surface area (Å²) in [6.45, 7) is 6.53. The van der Waals surface area contributed by atoms with E-state index in [9.17, 15) is 4.79 Å². The highest BCUT2D eigenvalue weighted by Crippen LogP contribution is 2.19. The fourth-order valence-electron chi connectivity index (χ4n) is 2.88. The van der Waals surface area contributed by atoms with Gasteiger partial charge < -0.3 is 14.5 Å². The second-order valence-corrected chi connectivity index (χ2v) is 6.52. The molecule has 132 valence electrons. The Bertz CT molecular complexity index is 748. The van der Waals surface area contributed by atoms with Crippen molar-refractivity contribution >= 4 is 11.7 Å². The monoisotopic (exact) mass is 340 g/mol. The molecule has 0 aliphatic carbocycles. The first kappa shape index (κ1) is 17.2. The number of piperazine rings is 1. The van der Waals surface area contributed by atoms with Crippen LogP contribution in [0.1, 0.15) is 31.2 Å². The maximum Gasteiger partial charge on any atom is 0.242 e. The van der Waals surface area contributed by atoms with Crippen LogP contribution in [0, 0.1) is 0 Å². The van der Waals surface area contributed by atoms with Crippen molar-refractivity contribution in [2.75, 3.05) is 31.6 Å². The Morgan fingerprint density at radius 1 is 1.24 bits per heavy atom. The van der Waals surface area contributed by atoms with Crippen molar-refractivity contribution in [3.05, 3.63) is 47.9 Å². The van der Waals surface area contributed by atoms with Gasteiger partial charge in [-0.25, -0.2) is 9.97 Å². The third-order valence-corrected chi connectivity index (χ3v) is 4.33. The van der Waals surface area contributed by atoms with E-state index in [2.05, 4.69) is 23.8 Å². The topological polar surface area (TPSA) is 58.6 Å². The molecule has 1 fully saturated rings. The molecule has 1 aromatic heterocycles. The number of amides is 1. The molecule has 0 unspecified atom stereocenters. The molecule has 25 heavy (non-hydrogen) atoms. The molecule has 1 amide bonds. The number of methoxy groups -OCH3 is 1. The van der Waals surface area contributed by atoms with Crippen LogP contribution in [0.15, 0.2) is 36.5 Å². The zero-order valence-electron chi connectivity index (χ0n) is 15.0. The molecule has 0 saturated carbocycles. The summed E-state index contributed by atoms with van der Waals surface area (Å²) in [6, 6.07) is 9.71. The SMILES string of the molecule is COc1cccc(CN2CCN(c3ccnc(C(C)C)n3)CC2=O)c1. The Hall–Kier alpha value is -2.63. The van der Waals surface area contributed by atoms with Gasteiger partial charge in [-0.2, -0.15) is 0 Å². The maximum atomic E-state index is 12.6. The molecular weight excluding hydrogens is 316 g/mol. The van der Waals surface area contributed by atoms with E-state index in [1.165, 1.54) is 0 Å². The minimum atomic E-state index is 0.110. The van der Waals surface area contributed by atoms with E-state index in [0.717, 1.165) is 29.5 Å². The van der Waals surface area contributed by atoms with Crippen LogP contribution in [-0.2, 0) is 11.3 Å². The Labute approximate surface area is 148 Å². The van der Waals surface area contributed by atoms with Crippen LogP contribution in [0.25, 0.3) is 0 Å². The van der Waals surface area contributed by atoms with Crippen molar-refractivity contribution in [3.8, 4) is 5.75 Å². The Kier molecular flexibility index (Phi) is 5.16. The van der Waals surface area contributed by atoms with Gasteiger partial charge in [0.15, 0.2) is 0 Å². The number of ether oxygens (including phenoxy) is 1. The number of aromatic nitrogens is 2. The lowest BCUT2D eigenvalue weighted by Gasteiger charge is -2.35. The van der Waals surface area contributed by atoms with Gasteiger partial charge in [0.25, 0.3) is 0 Å². The first-order valence-electron chi connectivity index (χ1n) is 8.55. The molecule has 0 atom stereocenters. The average molecular weight is 340 g/mol. The highest BCUT2D eigenvalue weighted by molar-refractivity contribution is 5.82. The highest BCUT2D eigenvalue weighted by Gasteiger charge is 2.25. The molecule has 0 spiro atoms. The highest BCUT2D eigenvalue weighted by atomic mass is 16.5. The lowest BCUT2D eigenvalue weighted by atomic mass is 10.2. The van der Waals surface area contributed by atoms with E-state index in [1.54, 1.807) is 13.3 Å². The van der Waals surface area contributed by atoms with Crippen LogP contribution in [0.4, 0.5) is 5.82 Å². The largest absolute Gasteiger partial charge is 0.497 e. The van der Waals surface area contributed by atoms with E-state index in [1.807, 2.05) is 40.1 Å². The van der Waals surface area contributed by atoms with Gasteiger partial charge in [0.05, 0.1) is 13.7 Å². The summed E-state index contributed by atoms with van der Waals surface area (Å²) in [4.78, 5) is 25.4. The standard InChI is InChI=1S/C19H24N4O2/c1-14(2)19-20-8-7-17(21-19)22-9-10-23(18(24)13-22)12-15-5-4-6-16(11-15)25-3/h4-8,11,14H,9-10,12-13H2,1-3H3. The molecule has 1 aliphatic heterocycles. The third kappa shape index (κ3) is 4.07. The summed E-state index contributed by atoms with van der Waals surface area (Å²) in [7, 11) is 1.65. The van der Waals surface area contributed by atoms with Gasteiger partial charge in [-0.3, -0.25) is 4.79 Å². The number of hydrogen-bond donors (Lipinski definition) is 0. The number of rotatable bonds is 5. The summed E-state index contributed by atoms with van der Waals surface area (Å²) < 4.78 is 5.25. The van der Waals surface area contributed by atoms with Crippen molar-refractivity contribution < 1.29 is 9.53 Å². The number of carbonyl (C=O) groups is 1. The van der Waals surface area contributed by atoms with Crippen LogP contribution in [-0.4, -0.2) is 47.5 Å². The minimum absolute atomic E-state index is 0.110. The van der Waals surface area contributed by atoms with E-state index < -0.39 is 0 Å². The van der Waals surface area contributed by atoms with E-state index >= 15 is 0 Å². The minimum Gasteiger partial charge on any atom is -0.497 e. The van der Waals surface area contributed by atoms with Crippen molar-refractivity contribution in [2.45, 2.75) is 26.3 Å². The van der Waals surface area contributed by atoms with Crippen molar-refractivity contribution in [1.29, 1.82) is 0 Å². The number of anilines is 1. The Balaban J connectivity index is 1.66. The van der Waals surface area contributed by atoms with Crippen molar-refractivity contribution in [1.82, 2.24) is 14.9 Å². The van der Waals surface area contributed by atoms with Gasteiger partial charge in [-0.1, -0.05) is 26.0 Å². The molecule has 0 bridgehead atoms. The smallest absolute Gasteiger partial charge is 0.242 e. The normalized spacial score (nSPS) is 15.0. The first-order valence-corrected chi connectivity index (χ1v) is 8.55. The van der Waals surface area contributed by atoms with Crippen molar-refractivity contribution in [3.63, 3.8) is 0 Å². The molecule has 1 aromatic carbocycles. The van der Waals surface area contributed by atoms with Crippen LogP contribution in [0.3, 0.4) is 0 Å². The van der Waals surface area contributed by atoms with Gasteiger partial charge in [0.1, 0.15) is 17.4 Å². The van der Waals surface area contributed by atoms with Crippen LogP contribution >= 0.6 is 0 Å². The summed E-state index contributed by atoms with van der Waals surface area (Å²) >= 11 is 0. The second-order valence-electron chi connectivity index (χ2n) is 6.52. The average Bonchev–Trinajstić information content (AvgIpc) is 2.63. The zero-order chi connectivity index (χ0) is 17.8. The van der Waals surface area contributed by atoms with E-state index in [-0.39, 0.29) is 11.8 Å². The zero-order valence-corrected chi connectivity index (χ0v) is 15.0. The molecule has 1 saturated heterocycles. The molecule has 0 N–H and O–H groups in total.